The summed E-state index contributed by atoms with van der Waals surface area (Å²) in [6.07, 6.45) is 85.0. The van der Waals surface area contributed by atoms with Crippen LogP contribution >= 0.6 is 0 Å². The second kappa shape index (κ2) is 74.0. The van der Waals surface area contributed by atoms with E-state index in [9.17, 15) is 61.0 Å². The summed E-state index contributed by atoms with van der Waals surface area (Å²) in [7, 11) is 0. The fourth-order valence-electron chi connectivity index (χ4n) is 14.1. The Hall–Kier alpha value is -4.85. The molecule has 116 heavy (non-hydrogen) atoms. The number of rotatable bonds is 71. The fourth-order valence-corrected chi connectivity index (χ4v) is 14.1. The van der Waals surface area contributed by atoms with Gasteiger partial charge in [-0.1, -0.05) is 344 Å². The molecule has 3 aliphatic rings. The standard InChI is InChI=1S/C97H161NO18/c1-3-5-7-9-11-13-15-17-19-21-23-25-27-29-31-33-35-36-37-38-39-40-41-42-43-44-45-47-49-51-53-55-57-59-61-63-65-67-69-71-73-75-85(103)98-80(81(102)74-72-70-68-66-64-62-60-58-56-54-52-50-48-46-34-32-30-28-26-24-22-20-18-16-14-12-10-8-6-4-2)79-111-95-91(109)88(106)93(83(77-100)113-95)116-97-92(110)89(107)94(84(78-101)114-97)115-96-90(108)87(105)86(104)82(76-99)112-96/h5,7,11,13,17,19,23,25,29,31,35-36,38-39,41-42,44-45,49,51,55,57,61,63-64,66,72,74,80-84,86-97,99-102,104-110H,3-4,6,8-10,12,14-16,18,20-22,24,26-28,30,32-34,37,40,43,46-48,50,52-54,56,58-60,62,65,67-71,73,75-79H2,1-2H3,(H,98,103)/b7-5-,13-11-,19-17-,25-23-,31-29-,36-35-,39-38-,42-41-,45-44-,51-49-,57-55-,63-61-,66-64+,74-72+. The van der Waals surface area contributed by atoms with Gasteiger partial charge >= 0.3 is 0 Å². The van der Waals surface area contributed by atoms with E-state index in [1.54, 1.807) is 6.08 Å². The number of nitrogens with one attached hydrogen (secondary N) is 1. The molecule has 0 aromatic heterocycles. The number of carbonyl (C=O) groups excluding carboxylic acids is 1. The lowest BCUT2D eigenvalue weighted by molar-refractivity contribution is -0.379. The molecule has 3 fully saturated rings. The Kier molecular flexibility index (Phi) is 67.2. The van der Waals surface area contributed by atoms with Gasteiger partial charge in [0.1, 0.15) is 73.2 Å². The number of aliphatic hydroxyl groups excluding tert-OH is 11. The normalized spacial score (nSPS) is 25.3. The Morgan fingerprint density at radius 1 is 0.319 bits per heavy atom. The molecule has 3 rings (SSSR count). The molecule has 0 radical (unpaired) electrons. The van der Waals surface area contributed by atoms with Gasteiger partial charge in [-0.05, 0) is 122 Å². The molecule has 19 heteroatoms. The zero-order valence-corrected chi connectivity index (χ0v) is 71.4. The van der Waals surface area contributed by atoms with Crippen LogP contribution in [0.15, 0.2) is 170 Å². The number of ether oxygens (including phenoxy) is 6. The van der Waals surface area contributed by atoms with Gasteiger partial charge in [-0.2, -0.15) is 0 Å². The summed E-state index contributed by atoms with van der Waals surface area (Å²) in [5.41, 5.74) is 0. The Morgan fingerprint density at radius 3 is 0.966 bits per heavy atom. The molecule has 1 amide bonds. The molecule has 0 bridgehead atoms. The highest BCUT2D eigenvalue weighted by Gasteiger charge is 2.54. The van der Waals surface area contributed by atoms with E-state index in [2.05, 4.69) is 177 Å². The van der Waals surface area contributed by atoms with Crippen LogP contribution in [0, 0.1) is 0 Å². The van der Waals surface area contributed by atoms with Crippen LogP contribution < -0.4 is 5.32 Å². The van der Waals surface area contributed by atoms with Crippen molar-refractivity contribution in [2.45, 2.75) is 407 Å². The van der Waals surface area contributed by atoms with Gasteiger partial charge in [-0.25, -0.2) is 0 Å². The number of hydrogen-bond donors (Lipinski definition) is 12. The smallest absolute Gasteiger partial charge is 0.220 e. The SMILES string of the molecule is CC/C=C\C/C=C\C/C=C\C/C=C\C/C=C\C/C=C\C/C=C\C/C=C\C/C=C\C/C=C\C/C=C\C/C=C\CCCCCCC(=O)NC(COC1OC(CO)C(OC2OC(CO)C(OC3OC(CO)C(O)C(O)C3O)C(O)C2O)C(O)C1O)C(O)/C=C/CC/C=C/CCCCCCCCCCCCCCCCCCCCCCCCCC. The van der Waals surface area contributed by atoms with Gasteiger partial charge in [0.05, 0.1) is 38.6 Å². The Labute approximate surface area is 700 Å². The molecule has 3 saturated heterocycles. The van der Waals surface area contributed by atoms with Crippen LogP contribution in [0.1, 0.15) is 303 Å². The zero-order chi connectivity index (χ0) is 83.8. The molecule has 0 aromatic carbocycles. The van der Waals surface area contributed by atoms with E-state index in [0.717, 1.165) is 122 Å². The van der Waals surface area contributed by atoms with E-state index in [1.165, 1.54) is 148 Å². The quantitative estimate of drug-likeness (QED) is 0.0199. The maximum atomic E-state index is 13.5. The van der Waals surface area contributed by atoms with E-state index < -0.39 is 124 Å². The topological polar surface area (TPSA) is 307 Å². The van der Waals surface area contributed by atoms with E-state index in [-0.39, 0.29) is 18.9 Å². The molecular formula is C97H161NO18. The molecule has 0 saturated carbocycles. The third-order valence-corrected chi connectivity index (χ3v) is 21.2. The van der Waals surface area contributed by atoms with Crippen LogP contribution in [0.3, 0.4) is 0 Å². The van der Waals surface area contributed by atoms with Gasteiger partial charge < -0.3 is 89.9 Å². The maximum absolute atomic E-state index is 13.5. The lowest BCUT2D eigenvalue weighted by Crippen LogP contribution is -2.66. The number of carbonyl (C=O) groups is 1. The summed E-state index contributed by atoms with van der Waals surface area (Å²) >= 11 is 0. The minimum atomic E-state index is -1.99. The first-order chi connectivity index (χ1) is 56.8. The van der Waals surface area contributed by atoms with Crippen LogP contribution in [0.5, 0.6) is 0 Å². The van der Waals surface area contributed by atoms with E-state index in [0.29, 0.717) is 12.8 Å². The van der Waals surface area contributed by atoms with Crippen molar-refractivity contribution < 1.29 is 89.4 Å². The number of unbranched alkanes of at least 4 members (excludes halogenated alkanes) is 29. The van der Waals surface area contributed by atoms with E-state index in [1.807, 2.05) is 6.08 Å². The van der Waals surface area contributed by atoms with Gasteiger partial charge in [0.15, 0.2) is 18.9 Å². The third-order valence-electron chi connectivity index (χ3n) is 21.2. The van der Waals surface area contributed by atoms with Crippen molar-refractivity contribution in [3.05, 3.63) is 170 Å². The summed E-state index contributed by atoms with van der Waals surface area (Å²) in [6.45, 7) is 1.60. The maximum Gasteiger partial charge on any atom is 0.220 e. The van der Waals surface area contributed by atoms with Crippen molar-refractivity contribution in [1.29, 1.82) is 0 Å². The summed E-state index contributed by atoms with van der Waals surface area (Å²) in [5.74, 6) is -0.314. The minimum Gasteiger partial charge on any atom is -0.394 e. The Morgan fingerprint density at radius 2 is 0.603 bits per heavy atom. The average molecular weight is 1630 g/mol. The largest absolute Gasteiger partial charge is 0.394 e. The van der Waals surface area contributed by atoms with Crippen molar-refractivity contribution >= 4 is 5.91 Å². The zero-order valence-electron chi connectivity index (χ0n) is 71.4. The molecule has 662 valence electrons. The number of hydrogen-bond acceptors (Lipinski definition) is 18. The van der Waals surface area contributed by atoms with Crippen molar-refractivity contribution in [3.8, 4) is 0 Å². The summed E-state index contributed by atoms with van der Waals surface area (Å²) in [6, 6.07) is -1.02. The van der Waals surface area contributed by atoms with Crippen LogP contribution in [0.2, 0.25) is 0 Å². The number of allylic oxidation sites excluding steroid dienone is 27. The van der Waals surface area contributed by atoms with Crippen molar-refractivity contribution in [1.82, 2.24) is 5.32 Å². The third kappa shape index (κ3) is 51.7. The average Bonchev–Trinajstić information content (AvgIpc) is 0.783. The van der Waals surface area contributed by atoms with Crippen LogP contribution in [0.4, 0.5) is 0 Å². The molecule has 17 atom stereocenters. The molecule has 0 aliphatic carbocycles. The molecule has 0 spiro atoms. The van der Waals surface area contributed by atoms with E-state index >= 15 is 0 Å². The summed E-state index contributed by atoms with van der Waals surface area (Å²) in [4.78, 5) is 13.5. The lowest BCUT2D eigenvalue weighted by Gasteiger charge is -2.48. The number of amides is 1. The van der Waals surface area contributed by atoms with Gasteiger partial charge in [0.25, 0.3) is 0 Å². The predicted octanol–water partition coefficient (Wildman–Crippen LogP) is 17.7. The molecule has 19 nitrogen and oxygen atoms in total. The Balaban J connectivity index is 1.36. The monoisotopic (exact) mass is 1630 g/mol. The van der Waals surface area contributed by atoms with Gasteiger partial charge in [-0.3, -0.25) is 4.79 Å². The van der Waals surface area contributed by atoms with Crippen LogP contribution in [0.25, 0.3) is 0 Å². The van der Waals surface area contributed by atoms with Crippen molar-refractivity contribution in [2.75, 3.05) is 26.4 Å². The van der Waals surface area contributed by atoms with Gasteiger partial charge in [-0.15, -0.1) is 0 Å². The van der Waals surface area contributed by atoms with Crippen LogP contribution in [-0.4, -0.2) is 193 Å². The highest BCUT2D eigenvalue weighted by molar-refractivity contribution is 5.76. The molecule has 12 N–H and O–H groups in total. The van der Waals surface area contributed by atoms with Gasteiger partial charge in [0, 0.05) is 6.42 Å². The van der Waals surface area contributed by atoms with Crippen LogP contribution in [-0.2, 0) is 33.2 Å². The molecule has 0 aromatic rings. The lowest BCUT2D eigenvalue weighted by atomic mass is 9.96. The fraction of sp³-hybridized carbons (Fsp3) is 0.701. The second-order valence-corrected chi connectivity index (χ2v) is 31.3. The number of aliphatic hydroxyl groups is 11. The highest BCUT2D eigenvalue weighted by Crippen LogP contribution is 2.33. The molecule has 3 aliphatic heterocycles. The molecule has 3 heterocycles. The summed E-state index contributed by atoms with van der Waals surface area (Å²) < 4.78 is 34.5. The Bertz CT molecular complexity index is 2770. The molecular weight excluding hydrogens is 1470 g/mol. The van der Waals surface area contributed by atoms with Gasteiger partial charge in [0.2, 0.25) is 5.91 Å². The second-order valence-electron chi connectivity index (χ2n) is 31.3. The first-order valence-corrected chi connectivity index (χ1v) is 45.4. The van der Waals surface area contributed by atoms with Crippen molar-refractivity contribution in [3.63, 3.8) is 0 Å². The molecule has 17 unspecified atom stereocenters. The van der Waals surface area contributed by atoms with E-state index in [4.69, 9.17) is 28.4 Å². The minimum absolute atomic E-state index is 0.195. The first kappa shape index (κ1) is 105. The predicted molar refractivity (Wildman–Crippen MR) is 470 cm³/mol. The highest BCUT2D eigenvalue weighted by atomic mass is 16.8. The summed E-state index contributed by atoms with van der Waals surface area (Å²) in [5, 5.41) is 121. The first-order valence-electron chi connectivity index (χ1n) is 45.4. The van der Waals surface area contributed by atoms with Crippen molar-refractivity contribution in [2.24, 2.45) is 0 Å².